The van der Waals surface area contributed by atoms with Crippen molar-refractivity contribution in [3.63, 3.8) is 0 Å². The van der Waals surface area contributed by atoms with E-state index in [0.717, 1.165) is 12.2 Å². The number of rotatable bonds is 7. The summed E-state index contributed by atoms with van der Waals surface area (Å²) in [6, 6.07) is 6.53. The number of hydrogen-bond acceptors (Lipinski definition) is 4. The highest BCUT2D eigenvalue weighted by atomic mass is 16.5. The number of fused-ring (bicyclic) bond motifs is 3. The summed E-state index contributed by atoms with van der Waals surface area (Å²) >= 11 is 0. The maximum atomic E-state index is 8.73. The fourth-order valence-corrected chi connectivity index (χ4v) is 4.71. The van der Waals surface area contributed by atoms with Crippen LogP contribution < -0.4 is 4.74 Å². The number of aliphatic hydroxyl groups excluding tert-OH is 1. The molecule has 2 aliphatic carbocycles. The zero-order chi connectivity index (χ0) is 17.1. The highest BCUT2D eigenvalue weighted by molar-refractivity contribution is 5.48. The standard InChI is InChI=1S/C20H26N2O3/c23-7-8-24-9-10-25-16-5-4-15-12-20(19-13-21-14-22-19)6-2-1-3-18(20)17(15)11-16/h4-5,11,13-14,18,23H,1-3,6-10,12H2,(H,21,22). The summed E-state index contributed by atoms with van der Waals surface area (Å²) in [7, 11) is 0. The Morgan fingerprint density at radius 2 is 2.20 bits per heavy atom. The molecule has 5 heteroatoms. The van der Waals surface area contributed by atoms with Crippen LogP contribution in [-0.2, 0) is 16.6 Å². The molecule has 0 spiro atoms. The summed E-state index contributed by atoms with van der Waals surface area (Å²) in [6.07, 6.45) is 9.97. The molecule has 4 rings (SSSR count). The van der Waals surface area contributed by atoms with E-state index in [9.17, 15) is 0 Å². The first-order valence-electron chi connectivity index (χ1n) is 9.27. The van der Waals surface area contributed by atoms with Crippen molar-refractivity contribution >= 4 is 0 Å². The lowest BCUT2D eigenvalue weighted by molar-refractivity contribution is 0.0705. The number of hydrogen-bond donors (Lipinski definition) is 2. The van der Waals surface area contributed by atoms with E-state index in [1.165, 1.54) is 42.5 Å². The third-order valence-corrected chi connectivity index (χ3v) is 5.77. The molecule has 2 unspecified atom stereocenters. The highest BCUT2D eigenvalue weighted by Crippen LogP contribution is 2.56. The summed E-state index contributed by atoms with van der Waals surface area (Å²) in [5.41, 5.74) is 4.26. The van der Waals surface area contributed by atoms with Gasteiger partial charge in [-0.2, -0.15) is 0 Å². The van der Waals surface area contributed by atoms with Crippen molar-refractivity contribution in [1.82, 2.24) is 9.97 Å². The number of nitrogens with one attached hydrogen (secondary N) is 1. The molecule has 1 heterocycles. The van der Waals surface area contributed by atoms with Crippen LogP contribution in [0.2, 0.25) is 0 Å². The van der Waals surface area contributed by atoms with Crippen molar-refractivity contribution in [1.29, 1.82) is 0 Å². The predicted octanol–water partition coefficient (Wildman–Crippen LogP) is 2.95. The number of benzene rings is 1. The number of imidazole rings is 1. The lowest BCUT2D eigenvalue weighted by atomic mass is 9.65. The van der Waals surface area contributed by atoms with Gasteiger partial charge in [0.15, 0.2) is 0 Å². The predicted molar refractivity (Wildman–Crippen MR) is 95.0 cm³/mol. The molecule has 0 radical (unpaired) electrons. The molecule has 0 bridgehead atoms. The smallest absolute Gasteiger partial charge is 0.119 e. The van der Waals surface area contributed by atoms with E-state index in [1.54, 1.807) is 6.33 Å². The maximum absolute atomic E-state index is 8.73. The Morgan fingerprint density at radius 1 is 1.24 bits per heavy atom. The summed E-state index contributed by atoms with van der Waals surface area (Å²) in [5, 5.41) is 8.73. The van der Waals surface area contributed by atoms with Gasteiger partial charge in [-0.1, -0.05) is 18.9 Å². The number of nitrogens with zero attached hydrogens (tertiary/aromatic N) is 1. The monoisotopic (exact) mass is 342 g/mol. The second-order valence-corrected chi connectivity index (χ2v) is 7.13. The average Bonchev–Trinajstić information content (AvgIpc) is 3.28. The van der Waals surface area contributed by atoms with Crippen molar-refractivity contribution in [3.8, 4) is 5.75 Å². The molecule has 2 atom stereocenters. The van der Waals surface area contributed by atoms with Gasteiger partial charge in [0, 0.05) is 11.6 Å². The number of H-pyrrole nitrogens is 1. The lowest BCUT2D eigenvalue weighted by Crippen LogP contribution is -2.34. The number of aromatic nitrogens is 2. The highest BCUT2D eigenvalue weighted by Gasteiger charge is 2.49. The second-order valence-electron chi connectivity index (χ2n) is 7.13. The molecular weight excluding hydrogens is 316 g/mol. The van der Waals surface area contributed by atoms with E-state index in [1.807, 2.05) is 0 Å². The van der Waals surface area contributed by atoms with Crippen LogP contribution in [0.4, 0.5) is 0 Å². The van der Waals surface area contributed by atoms with E-state index in [4.69, 9.17) is 14.6 Å². The molecular formula is C20H26N2O3. The Labute approximate surface area is 148 Å². The van der Waals surface area contributed by atoms with Crippen molar-refractivity contribution in [3.05, 3.63) is 47.5 Å². The van der Waals surface area contributed by atoms with Gasteiger partial charge in [0.1, 0.15) is 12.4 Å². The normalized spacial score (nSPS) is 24.8. The molecule has 0 amide bonds. The van der Waals surface area contributed by atoms with Crippen LogP contribution in [-0.4, -0.2) is 41.5 Å². The van der Waals surface area contributed by atoms with E-state index in [-0.39, 0.29) is 12.0 Å². The average molecular weight is 342 g/mol. The van der Waals surface area contributed by atoms with Crippen molar-refractivity contribution in [2.24, 2.45) is 0 Å². The molecule has 1 fully saturated rings. The van der Waals surface area contributed by atoms with Gasteiger partial charge in [0.25, 0.3) is 0 Å². The van der Waals surface area contributed by atoms with Crippen molar-refractivity contribution < 1.29 is 14.6 Å². The molecule has 25 heavy (non-hydrogen) atoms. The third kappa shape index (κ3) is 3.07. The molecule has 1 aromatic carbocycles. The molecule has 2 aromatic rings. The summed E-state index contributed by atoms with van der Waals surface area (Å²) in [5.74, 6) is 1.45. The van der Waals surface area contributed by atoms with E-state index < -0.39 is 0 Å². The second kappa shape index (κ2) is 7.18. The summed E-state index contributed by atoms with van der Waals surface area (Å²) in [4.78, 5) is 7.78. The van der Waals surface area contributed by atoms with Crippen LogP contribution in [0.15, 0.2) is 30.7 Å². The fraction of sp³-hybridized carbons (Fsp3) is 0.550. The summed E-state index contributed by atoms with van der Waals surface area (Å²) in [6.45, 7) is 1.42. The van der Waals surface area contributed by atoms with Crippen molar-refractivity contribution in [2.45, 2.75) is 43.4 Å². The fourth-order valence-electron chi connectivity index (χ4n) is 4.71. The Hall–Kier alpha value is -1.85. The molecule has 2 aliphatic rings. The van der Waals surface area contributed by atoms with Gasteiger partial charge >= 0.3 is 0 Å². The number of ether oxygens (including phenoxy) is 2. The molecule has 2 N–H and O–H groups in total. The minimum absolute atomic E-state index is 0.0514. The molecule has 0 aliphatic heterocycles. The number of aliphatic hydroxyl groups is 1. The van der Waals surface area contributed by atoms with Gasteiger partial charge in [-0.15, -0.1) is 0 Å². The Morgan fingerprint density at radius 3 is 3.04 bits per heavy atom. The quantitative estimate of drug-likeness (QED) is 0.759. The minimum atomic E-state index is 0.0514. The first-order valence-corrected chi connectivity index (χ1v) is 9.27. The van der Waals surface area contributed by atoms with E-state index in [2.05, 4.69) is 34.4 Å². The van der Waals surface area contributed by atoms with Gasteiger partial charge in [0.2, 0.25) is 0 Å². The van der Waals surface area contributed by atoms with Crippen LogP contribution in [0.3, 0.4) is 0 Å². The zero-order valence-electron chi connectivity index (χ0n) is 14.5. The minimum Gasteiger partial charge on any atom is -0.491 e. The summed E-state index contributed by atoms with van der Waals surface area (Å²) < 4.78 is 11.1. The lowest BCUT2D eigenvalue weighted by Gasteiger charge is -2.38. The Bertz CT molecular complexity index is 701. The molecule has 5 nitrogen and oxygen atoms in total. The Balaban J connectivity index is 1.53. The topological polar surface area (TPSA) is 67.4 Å². The third-order valence-electron chi connectivity index (χ3n) is 5.77. The largest absolute Gasteiger partial charge is 0.491 e. The van der Waals surface area contributed by atoms with E-state index in [0.29, 0.717) is 25.7 Å². The molecule has 1 saturated carbocycles. The van der Waals surface area contributed by atoms with Gasteiger partial charge in [-0.3, -0.25) is 0 Å². The number of aromatic amines is 1. The van der Waals surface area contributed by atoms with Crippen LogP contribution in [0, 0.1) is 0 Å². The maximum Gasteiger partial charge on any atom is 0.119 e. The molecule has 134 valence electrons. The van der Waals surface area contributed by atoms with Crippen LogP contribution in [0.25, 0.3) is 0 Å². The SMILES string of the molecule is OCCOCCOc1ccc2c(c1)C1CCCCC1(c1c[nH]cn1)C2. The zero-order valence-corrected chi connectivity index (χ0v) is 14.5. The van der Waals surface area contributed by atoms with Gasteiger partial charge in [0.05, 0.1) is 31.8 Å². The Kier molecular flexibility index (Phi) is 4.77. The van der Waals surface area contributed by atoms with Crippen molar-refractivity contribution in [2.75, 3.05) is 26.4 Å². The van der Waals surface area contributed by atoms with Gasteiger partial charge in [-0.25, -0.2) is 4.98 Å². The first kappa shape index (κ1) is 16.6. The molecule has 0 saturated heterocycles. The van der Waals surface area contributed by atoms with Gasteiger partial charge in [-0.05, 0) is 48.4 Å². The van der Waals surface area contributed by atoms with Crippen LogP contribution in [0.5, 0.6) is 5.75 Å². The van der Waals surface area contributed by atoms with Crippen LogP contribution >= 0.6 is 0 Å². The van der Waals surface area contributed by atoms with Gasteiger partial charge < -0.3 is 19.6 Å². The van der Waals surface area contributed by atoms with Crippen LogP contribution in [0.1, 0.15) is 48.4 Å². The molecule has 1 aromatic heterocycles. The van der Waals surface area contributed by atoms with E-state index >= 15 is 0 Å². The first-order chi connectivity index (χ1) is 12.3.